The molecule has 0 aliphatic carbocycles. The van der Waals surface area contributed by atoms with Crippen molar-refractivity contribution >= 4 is 46.7 Å². The molecule has 0 aromatic heterocycles. The van der Waals surface area contributed by atoms with Crippen LogP contribution in [-0.4, -0.2) is 64.3 Å². The maximum absolute atomic E-state index is 14.4. The van der Waals surface area contributed by atoms with Crippen LogP contribution in [0.5, 0.6) is 11.5 Å². The van der Waals surface area contributed by atoms with Crippen molar-refractivity contribution in [3.8, 4) is 11.5 Å². The summed E-state index contributed by atoms with van der Waals surface area (Å²) in [5.41, 5.74) is 0.510. The fourth-order valence-corrected chi connectivity index (χ4v) is 5.43. The molecule has 0 unspecified atom stereocenters. The van der Waals surface area contributed by atoms with Gasteiger partial charge in [-0.3, -0.25) is 14.4 Å². The highest BCUT2D eigenvalue weighted by molar-refractivity contribution is 6.30. The molecule has 1 N–H and O–H groups in total. The number of esters is 2. The highest BCUT2D eigenvalue weighted by Crippen LogP contribution is 2.45. The summed E-state index contributed by atoms with van der Waals surface area (Å²) >= 11 is 6.49. The Bertz CT molecular complexity index is 1680. The number of amides is 2. The van der Waals surface area contributed by atoms with E-state index in [0.29, 0.717) is 33.3 Å². The topological polar surface area (TPSA) is 130 Å². The first kappa shape index (κ1) is 35.2. The lowest BCUT2D eigenvalue weighted by Gasteiger charge is -2.33. The molecule has 1 aliphatic rings. The maximum atomic E-state index is 14.4. The number of carbonyl (C=O) groups excluding carboxylic acids is 4. The molecule has 0 saturated heterocycles. The normalized spacial score (nSPS) is 16.1. The van der Waals surface area contributed by atoms with E-state index < -0.39 is 53.6 Å². The van der Waals surface area contributed by atoms with E-state index in [0.717, 1.165) is 19.2 Å². The van der Waals surface area contributed by atoms with Gasteiger partial charge in [-0.2, -0.15) is 0 Å². The number of fused-ring (bicyclic) bond motifs is 1. The minimum atomic E-state index is -1.35. The zero-order chi connectivity index (χ0) is 34.5. The first-order valence-corrected chi connectivity index (χ1v) is 14.9. The second-order valence-corrected chi connectivity index (χ2v) is 12.0. The second-order valence-electron chi connectivity index (χ2n) is 11.6. The van der Waals surface area contributed by atoms with Crippen LogP contribution >= 0.6 is 11.6 Å². The summed E-state index contributed by atoms with van der Waals surface area (Å²) in [6.07, 6.45) is -2.78. The van der Waals surface area contributed by atoms with E-state index in [1.165, 1.54) is 32.1 Å². The Morgan fingerprint density at radius 3 is 2.43 bits per heavy atom. The lowest BCUT2D eigenvalue weighted by atomic mass is 9.92. The molecule has 4 rings (SSSR count). The van der Waals surface area contributed by atoms with Gasteiger partial charge in [0.15, 0.2) is 11.5 Å². The number of benzene rings is 3. The standard InChI is InChI=1S/C34H36ClFN2O9/c1-19(39)46-18-34(2,3)17-38-26-13-10-20(35)14-24(26)30(22-8-7-9-27(43-4)31(22)44-5)47-28(32(38)41)16-29(40)37-21-11-12-25(36)23(15-21)33(42)45-6/h7-15,28,30H,16-18H2,1-6H3,(H,37,40)/t28-,30-/m1/s1. The molecule has 2 amide bonds. The number of methoxy groups -OCH3 is 3. The Hall–Kier alpha value is -4.68. The Morgan fingerprint density at radius 1 is 1.02 bits per heavy atom. The number of anilines is 2. The molecular weight excluding hydrogens is 635 g/mol. The molecule has 0 spiro atoms. The third kappa shape index (κ3) is 8.19. The van der Waals surface area contributed by atoms with E-state index >= 15 is 0 Å². The zero-order valence-corrected chi connectivity index (χ0v) is 27.6. The smallest absolute Gasteiger partial charge is 0.340 e. The van der Waals surface area contributed by atoms with Gasteiger partial charge in [-0.25, -0.2) is 9.18 Å². The maximum Gasteiger partial charge on any atom is 0.340 e. The Balaban J connectivity index is 1.79. The predicted molar refractivity (Wildman–Crippen MR) is 171 cm³/mol. The molecule has 2 atom stereocenters. The van der Waals surface area contributed by atoms with Crippen molar-refractivity contribution in [2.45, 2.75) is 39.4 Å². The van der Waals surface area contributed by atoms with E-state index in [1.807, 2.05) is 13.8 Å². The van der Waals surface area contributed by atoms with Crippen molar-refractivity contribution in [1.29, 1.82) is 0 Å². The summed E-state index contributed by atoms with van der Waals surface area (Å²) in [4.78, 5) is 52.9. The fourth-order valence-electron chi connectivity index (χ4n) is 5.25. The minimum Gasteiger partial charge on any atom is -0.493 e. The summed E-state index contributed by atoms with van der Waals surface area (Å²) in [6.45, 7) is 5.07. The first-order valence-electron chi connectivity index (χ1n) is 14.6. The average molecular weight is 671 g/mol. The number of rotatable bonds is 11. The SMILES string of the molecule is COC(=O)c1cc(NC(=O)C[C@H]2O[C@H](c3cccc(OC)c3OC)c3cc(Cl)ccc3N(CC(C)(C)COC(C)=O)C2=O)ccc1F. The molecular formula is C34H36ClFN2O9. The Kier molecular flexibility index (Phi) is 11.1. The largest absolute Gasteiger partial charge is 0.493 e. The summed E-state index contributed by atoms with van der Waals surface area (Å²) < 4.78 is 41.9. The summed E-state index contributed by atoms with van der Waals surface area (Å²) in [5, 5.41) is 2.99. The van der Waals surface area contributed by atoms with Crippen LogP contribution in [0.4, 0.5) is 15.8 Å². The molecule has 0 fully saturated rings. The van der Waals surface area contributed by atoms with Gasteiger partial charge < -0.3 is 33.9 Å². The van der Waals surface area contributed by atoms with Gasteiger partial charge >= 0.3 is 11.9 Å². The molecule has 0 bridgehead atoms. The van der Waals surface area contributed by atoms with Crippen LogP contribution in [0.25, 0.3) is 0 Å². The van der Waals surface area contributed by atoms with Crippen molar-refractivity contribution in [2.75, 3.05) is 44.7 Å². The van der Waals surface area contributed by atoms with Crippen molar-refractivity contribution in [2.24, 2.45) is 5.41 Å². The van der Waals surface area contributed by atoms with Crippen molar-refractivity contribution in [3.05, 3.63) is 82.1 Å². The highest BCUT2D eigenvalue weighted by atomic mass is 35.5. The second kappa shape index (κ2) is 14.8. The monoisotopic (exact) mass is 670 g/mol. The van der Waals surface area contributed by atoms with Gasteiger partial charge in [-0.05, 0) is 42.5 Å². The molecule has 13 heteroatoms. The summed E-state index contributed by atoms with van der Waals surface area (Å²) in [5.74, 6) is -2.63. The van der Waals surface area contributed by atoms with Crippen LogP contribution < -0.4 is 19.7 Å². The van der Waals surface area contributed by atoms with Crippen LogP contribution in [0.3, 0.4) is 0 Å². The number of nitrogens with one attached hydrogen (secondary N) is 1. The van der Waals surface area contributed by atoms with Crippen LogP contribution in [0, 0.1) is 11.2 Å². The van der Waals surface area contributed by atoms with Gasteiger partial charge in [0.1, 0.15) is 18.0 Å². The Labute approximate surface area is 276 Å². The van der Waals surface area contributed by atoms with E-state index in [2.05, 4.69) is 10.1 Å². The van der Waals surface area contributed by atoms with Crippen LogP contribution in [-0.2, 0) is 28.6 Å². The van der Waals surface area contributed by atoms with Crippen LogP contribution in [0.15, 0.2) is 54.6 Å². The van der Waals surface area contributed by atoms with E-state index in [-0.39, 0.29) is 24.4 Å². The van der Waals surface area contributed by atoms with Crippen LogP contribution in [0.1, 0.15) is 54.8 Å². The van der Waals surface area contributed by atoms with E-state index in [4.69, 9.17) is 30.5 Å². The number of hydrogen-bond donors (Lipinski definition) is 1. The third-order valence-corrected chi connectivity index (χ3v) is 7.63. The molecule has 0 radical (unpaired) electrons. The molecule has 1 heterocycles. The molecule has 250 valence electrons. The molecule has 47 heavy (non-hydrogen) atoms. The average Bonchev–Trinajstić information content (AvgIpc) is 3.14. The molecule has 11 nitrogen and oxygen atoms in total. The summed E-state index contributed by atoms with van der Waals surface area (Å²) in [7, 11) is 4.08. The van der Waals surface area contributed by atoms with E-state index in [1.54, 1.807) is 36.4 Å². The molecule has 3 aromatic rings. The predicted octanol–water partition coefficient (Wildman–Crippen LogP) is 5.72. The van der Waals surface area contributed by atoms with Gasteiger partial charge in [-0.15, -0.1) is 0 Å². The highest BCUT2D eigenvalue weighted by Gasteiger charge is 2.41. The number of ether oxygens (including phenoxy) is 5. The van der Waals surface area contributed by atoms with E-state index in [9.17, 15) is 23.6 Å². The number of carbonyl (C=O) groups is 4. The fraction of sp³-hybridized carbons (Fsp3) is 0.353. The van der Waals surface area contributed by atoms with Gasteiger partial charge in [-0.1, -0.05) is 37.6 Å². The summed E-state index contributed by atoms with van der Waals surface area (Å²) in [6, 6.07) is 13.7. The van der Waals surface area contributed by atoms with Gasteiger partial charge in [0, 0.05) is 46.4 Å². The van der Waals surface area contributed by atoms with Crippen LogP contribution in [0.2, 0.25) is 5.02 Å². The van der Waals surface area contributed by atoms with Crippen molar-refractivity contribution in [3.63, 3.8) is 0 Å². The van der Waals surface area contributed by atoms with Gasteiger partial charge in [0.25, 0.3) is 5.91 Å². The van der Waals surface area contributed by atoms with Crippen molar-refractivity contribution < 1.29 is 47.3 Å². The number of para-hydroxylation sites is 1. The van der Waals surface area contributed by atoms with Gasteiger partial charge in [0.05, 0.1) is 39.9 Å². The lowest BCUT2D eigenvalue weighted by Crippen LogP contribution is -2.46. The zero-order valence-electron chi connectivity index (χ0n) is 26.8. The van der Waals surface area contributed by atoms with Crippen molar-refractivity contribution in [1.82, 2.24) is 0 Å². The first-order chi connectivity index (χ1) is 22.3. The molecule has 1 aliphatic heterocycles. The minimum absolute atomic E-state index is 0.0152. The van der Waals surface area contributed by atoms with Gasteiger partial charge in [0.2, 0.25) is 5.91 Å². The third-order valence-electron chi connectivity index (χ3n) is 7.40. The lowest BCUT2D eigenvalue weighted by molar-refractivity contribution is -0.144. The molecule has 0 saturated carbocycles. The quantitative estimate of drug-likeness (QED) is 0.255. The number of hydrogen-bond acceptors (Lipinski definition) is 9. The molecule has 3 aromatic carbocycles. The Morgan fingerprint density at radius 2 is 1.77 bits per heavy atom. The number of halogens is 2. The number of nitrogens with zero attached hydrogens (tertiary/aromatic N) is 1.